The summed E-state index contributed by atoms with van der Waals surface area (Å²) in [5, 5.41) is 0.459. The third-order valence-corrected chi connectivity index (χ3v) is 2.80. The zero-order valence-corrected chi connectivity index (χ0v) is 9.79. The fraction of sp³-hybridized carbons (Fsp3) is 0.0769. The summed E-state index contributed by atoms with van der Waals surface area (Å²) in [4.78, 5) is 0. The van der Waals surface area contributed by atoms with E-state index in [1.54, 1.807) is 24.3 Å². The summed E-state index contributed by atoms with van der Waals surface area (Å²) < 4.78 is 13.6. The number of nitrogen functional groups attached to an aromatic ring is 1. The molecule has 0 heterocycles. The third-order valence-electron chi connectivity index (χ3n) is 2.56. The van der Waals surface area contributed by atoms with Crippen molar-refractivity contribution in [1.82, 2.24) is 0 Å². The van der Waals surface area contributed by atoms with Gasteiger partial charge in [-0.3, -0.25) is 0 Å². The van der Waals surface area contributed by atoms with Crippen LogP contribution in [0.1, 0.15) is 17.2 Å². The van der Waals surface area contributed by atoms with Crippen LogP contribution in [0.15, 0.2) is 42.5 Å². The van der Waals surface area contributed by atoms with Crippen molar-refractivity contribution < 1.29 is 4.39 Å². The van der Waals surface area contributed by atoms with Gasteiger partial charge in [0.2, 0.25) is 0 Å². The Kier molecular flexibility index (Phi) is 3.31. The Morgan fingerprint density at radius 2 is 1.88 bits per heavy atom. The van der Waals surface area contributed by atoms with Crippen LogP contribution in [0, 0.1) is 5.82 Å². The lowest BCUT2D eigenvalue weighted by Gasteiger charge is -2.14. The Labute approximate surface area is 104 Å². The summed E-state index contributed by atoms with van der Waals surface area (Å²) in [6.07, 6.45) is 0. The van der Waals surface area contributed by atoms with E-state index in [9.17, 15) is 4.39 Å². The van der Waals surface area contributed by atoms with Crippen LogP contribution in [0.25, 0.3) is 0 Å². The quantitative estimate of drug-likeness (QED) is 0.805. The molecule has 0 saturated heterocycles. The number of nitrogens with two attached hydrogens (primary N) is 2. The van der Waals surface area contributed by atoms with E-state index in [4.69, 9.17) is 23.1 Å². The van der Waals surface area contributed by atoms with Gasteiger partial charge < -0.3 is 11.5 Å². The molecule has 0 aromatic heterocycles. The standard InChI is InChI=1S/C13H12ClFN2/c14-9-4-5-12(15)11(7-9)13(17)8-2-1-3-10(16)6-8/h1-7,13H,16-17H2. The highest BCUT2D eigenvalue weighted by Gasteiger charge is 2.14. The first-order chi connectivity index (χ1) is 8.08. The molecular weight excluding hydrogens is 239 g/mol. The van der Waals surface area contributed by atoms with Gasteiger partial charge in [-0.05, 0) is 35.9 Å². The van der Waals surface area contributed by atoms with E-state index in [1.165, 1.54) is 18.2 Å². The second kappa shape index (κ2) is 4.73. The van der Waals surface area contributed by atoms with Crippen LogP contribution in [-0.2, 0) is 0 Å². The molecule has 4 N–H and O–H groups in total. The Morgan fingerprint density at radius 1 is 1.12 bits per heavy atom. The van der Waals surface area contributed by atoms with Crippen molar-refractivity contribution in [2.24, 2.45) is 5.73 Å². The number of rotatable bonds is 2. The molecule has 2 aromatic carbocycles. The summed E-state index contributed by atoms with van der Waals surface area (Å²) in [6.45, 7) is 0. The van der Waals surface area contributed by atoms with Gasteiger partial charge in [0.05, 0.1) is 6.04 Å². The van der Waals surface area contributed by atoms with Crippen molar-refractivity contribution in [3.63, 3.8) is 0 Å². The zero-order valence-electron chi connectivity index (χ0n) is 9.03. The fourth-order valence-corrected chi connectivity index (χ4v) is 1.87. The van der Waals surface area contributed by atoms with E-state index in [0.717, 1.165) is 5.56 Å². The SMILES string of the molecule is Nc1cccc(C(N)c2cc(Cl)ccc2F)c1. The molecule has 0 aliphatic carbocycles. The molecule has 0 radical (unpaired) electrons. The Morgan fingerprint density at radius 3 is 2.59 bits per heavy atom. The van der Waals surface area contributed by atoms with Crippen LogP contribution in [0.4, 0.5) is 10.1 Å². The van der Waals surface area contributed by atoms with Gasteiger partial charge in [-0.25, -0.2) is 4.39 Å². The summed E-state index contributed by atoms with van der Waals surface area (Å²) in [5.74, 6) is -0.371. The molecule has 0 aliphatic heterocycles. The molecular formula is C13H12ClFN2. The second-order valence-corrected chi connectivity index (χ2v) is 4.25. The molecule has 0 spiro atoms. The predicted molar refractivity (Wildman–Crippen MR) is 68.3 cm³/mol. The van der Waals surface area contributed by atoms with Crippen molar-refractivity contribution in [3.05, 3.63) is 64.4 Å². The smallest absolute Gasteiger partial charge is 0.128 e. The van der Waals surface area contributed by atoms with Crippen LogP contribution in [0.3, 0.4) is 0 Å². The molecule has 2 nitrogen and oxygen atoms in total. The Bertz CT molecular complexity index is 543. The minimum Gasteiger partial charge on any atom is -0.399 e. The van der Waals surface area contributed by atoms with Crippen LogP contribution >= 0.6 is 11.6 Å². The molecule has 0 saturated carbocycles. The maximum absolute atomic E-state index is 13.6. The van der Waals surface area contributed by atoms with Crippen molar-refractivity contribution in [3.8, 4) is 0 Å². The minimum atomic E-state index is -0.572. The Hall–Kier alpha value is -1.58. The highest BCUT2D eigenvalue weighted by atomic mass is 35.5. The first-order valence-corrected chi connectivity index (χ1v) is 5.51. The van der Waals surface area contributed by atoms with Gasteiger partial charge in [0.1, 0.15) is 5.82 Å². The van der Waals surface area contributed by atoms with Crippen molar-refractivity contribution in [2.45, 2.75) is 6.04 Å². The van der Waals surface area contributed by atoms with Gasteiger partial charge in [0.25, 0.3) is 0 Å². The predicted octanol–water partition coefficient (Wildman–Crippen LogP) is 3.11. The summed E-state index contributed by atoms with van der Waals surface area (Å²) in [5.41, 5.74) is 13.4. The maximum Gasteiger partial charge on any atom is 0.128 e. The first kappa shape index (κ1) is 11.9. The van der Waals surface area contributed by atoms with Crippen LogP contribution in [-0.4, -0.2) is 0 Å². The van der Waals surface area contributed by atoms with Gasteiger partial charge in [0, 0.05) is 16.3 Å². The largest absolute Gasteiger partial charge is 0.399 e. The van der Waals surface area contributed by atoms with Crippen LogP contribution in [0.2, 0.25) is 5.02 Å². The van der Waals surface area contributed by atoms with E-state index in [-0.39, 0.29) is 5.82 Å². The molecule has 4 heteroatoms. The van der Waals surface area contributed by atoms with Crippen LogP contribution in [0.5, 0.6) is 0 Å². The second-order valence-electron chi connectivity index (χ2n) is 3.81. The van der Waals surface area contributed by atoms with E-state index >= 15 is 0 Å². The minimum absolute atomic E-state index is 0.364. The fourth-order valence-electron chi connectivity index (χ4n) is 1.68. The number of hydrogen-bond donors (Lipinski definition) is 2. The average molecular weight is 251 g/mol. The topological polar surface area (TPSA) is 52.0 Å². The van der Waals surface area contributed by atoms with E-state index in [1.807, 2.05) is 0 Å². The van der Waals surface area contributed by atoms with Crippen molar-refractivity contribution in [1.29, 1.82) is 0 Å². The summed E-state index contributed by atoms with van der Waals surface area (Å²) in [7, 11) is 0. The lowest BCUT2D eigenvalue weighted by molar-refractivity contribution is 0.600. The first-order valence-electron chi connectivity index (χ1n) is 5.14. The average Bonchev–Trinajstić information content (AvgIpc) is 2.31. The molecule has 2 aromatic rings. The van der Waals surface area contributed by atoms with Crippen molar-refractivity contribution in [2.75, 3.05) is 5.73 Å². The monoisotopic (exact) mass is 250 g/mol. The van der Waals surface area contributed by atoms with Gasteiger partial charge >= 0.3 is 0 Å². The maximum atomic E-state index is 13.6. The highest BCUT2D eigenvalue weighted by Crippen LogP contribution is 2.25. The normalized spacial score (nSPS) is 12.4. The number of halogens is 2. The number of anilines is 1. The van der Waals surface area contributed by atoms with E-state index < -0.39 is 6.04 Å². The van der Waals surface area contributed by atoms with Gasteiger partial charge in [-0.2, -0.15) is 0 Å². The third kappa shape index (κ3) is 2.57. The highest BCUT2D eigenvalue weighted by molar-refractivity contribution is 6.30. The van der Waals surface area contributed by atoms with Crippen molar-refractivity contribution >= 4 is 17.3 Å². The molecule has 1 unspecified atom stereocenters. The Balaban J connectivity index is 2.43. The molecule has 0 bridgehead atoms. The molecule has 0 fully saturated rings. The molecule has 2 rings (SSSR count). The zero-order chi connectivity index (χ0) is 12.4. The summed E-state index contributed by atoms with van der Waals surface area (Å²) in [6, 6.07) is 10.8. The van der Waals surface area contributed by atoms with E-state index in [0.29, 0.717) is 16.3 Å². The molecule has 17 heavy (non-hydrogen) atoms. The molecule has 0 aliphatic rings. The van der Waals surface area contributed by atoms with Gasteiger partial charge in [-0.1, -0.05) is 23.7 Å². The molecule has 0 amide bonds. The summed E-state index contributed by atoms with van der Waals surface area (Å²) >= 11 is 5.83. The van der Waals surface area contributed by atoms with Gasteiger partial charge in [0.15, 0.2) is 0 Å². The van der Waals surface area contributed by atoms with Gasteiger partial charge in [-0.15, -0.1) is 0 Å². The molecule has 1 atom stereocenters. The molecule has 88 valence electrons. The number of benzene rings is 2. The lowest BCUT2D eigenvalue weighted by atomic mass is 9.99. The lowest BCUT2D eigenvalue weighted by Crippen LogP contribution is -2.13. The number of hydrogen-bond acceptors (Lipinski definition) is 2. The van der Waals surface area contributed by atoms with E-state index in [2.05, 4.69) is 0 Å². The van der Waals surface area contributed by atoms with Crippen LogP contribution < -0.4 is 11.5 Å².